The van der Waals surface area contributed by atoms with Gasteiger partial charge in [0.05, 0.1) is 18.5 Å². The fourth-order valence-electron chi connectivity index (χ4n) is 5.46. The molecule has 5 rings (SSSR count). The Hall–Kier alpha value is -3.82. The third-order valence-corrected chi connectivity index (χ3v) is 7.37. The van der Waals surface area contributed by atoms with Crippen LogP contribution in [0.1, 0.15) is 61.1 Å². The summed E-state index contributed by atoms with van der Waals surface area (Å²) in [5, 5.41) is 23.9. The molecular weight excluding hydrogens is 482 g/mol. The zero-order chi connectivity index (χ0) is 26.6. The number of methoxy groups -OCH3 is 1. The summed E-state index contributed by atoms with van der Waals surface area (Å²) in [4.78, 5) is 27.7. The van der Waals surface area contributed by atoms with Gasteiger partial charge < -0.3 is 30.7 Å². The number of hydrogen-bond acceptors (Lipinski definition) is 8. The van der Waals surface area contributed by atoms with Crippen molar-refractivity contribution < 1.29 is 19.4 Å². The fourth-order valence-corrected chi connectivity index (χ4v) is 5.46. The SMILES string of the molecule is COc1cc(C(=O)C(O)c2ccccc2)ccc1NC1NCC2=C(N1)N(C1CCCCC1)C(C)=CC(=O)N2. The van der Waals surface area contributed by atoms with Crippen molar-refractivity contribution in [1.29, 1.82) is 0 Å². The molecule has 200 valence electrons. The van der Waals surface area contributed by atoms with Crippen LogP contribution in [-0.4, -0.2) is 47.7 Å². The minimum absolute atomic E-state index is 0.122. The zero-order valence-electron chi connectivity index (χ0n) is 21.8. The smallest absolute Gasteiger partial charge is 0.250 e. The van der Waals surface area contributed by atoms with Crippen molar-refractivity contribution in [2.24, 2.45) is 0 Å². The summed E-state index contributed by atoms with van der Waals surface area (Å²) in [5.41, 5.74) is 3.32. The van der Waals surface area contributed by atoms with Crippen LogP contribution in [0.5, 0.6) is 5.75 Å². The number of benzene rings is 2. The molecule has 1 amide bonds. The van der Waals surface area contributed by atoms with Gasteiger partial charge in [0.1, 0.15) is 17.7 Å². The van der Waals surface area contributed by atoms with E-state index in [1.807, 2.05) is 13.0 Å². The number of allylic oxidation sites excluding steroid dienone is 1. The third kappa shape index (κ3) is 5.39. The van der Waals surface area contributed by atoms with Gasteiger partial charge in [-0.05, 0) is 43.5 Å². The van der Waals surface area contributed by atoms with Crippen LogP contribution in [0.4, 0.5) is 5.69 Å². The van der Waals surface area contributed by atoms with Crippen molar-refractivity contribution >= 4 is 17.4 Å². The van der Waals surface area contributed by atoms with Gasteiger partial charge in [-0.15, -0.1) is 0 Å². The Morgan fingerprint density at radius 2 is 1.89 bits per heavy atom. The van der Waals surface area contributed by atoms with Gasteiger partial charge in [-0.1, -0.05) is 49.6 Å². The zero-order valence-corrected chi connectivity index (χ0v) is 21.8. The van der Waals surface area contributed by atoms with Crippen molar-refractivity contribution in [3.05, 3.63) is 82.9 Å². The number of amides is 1. The van der Waals surface area contributed by atoms with Crippen LogP contribution in [0, 0.1) is 0 Å². The van der Waals surface area contributed by atoms with Gasteiger partial charge in [0.15, 0.2) is 12.1 Å². The number of carbonyl (C=O) groups is 2. The molecule has 3 aliphatic rings. The molecular formula is C29H35N5O4. The van der Waals surface area contributed by atoms with Gasteiger partial charge >= 0.3 is 0 Å². The van der Waals surface area contributed by atoms with E-state index in [2.05, 4.69) is 26.2 Å². The molecule has 38 heavy (non-hydrogen) atoms. The van der Waals surface area contributed by atoms with E-state index < -0.39 is 11.9 Å². The summed E-state index contributed by atoms with van der Waals surface area (Å²) in [6, 6.07) is 14.3. The Morgan fingerprint density at radius 1 is 1.13 bits per heavy atom. The molecule has 1 saturated carbocycles. The molecule has 2 aromatic carbocycles. The highest BCUT2D eigenvalue weighted by atomic mass is 16.5. The fraction of sp³-hybridized carbons (Fsp3) is 0.379. The summed E-state index contributed by atoms with van der Waals surface area (Å²) >= 11 is 0. The molecule has 2 aromatic rings. The first kappa shape index (κ1) is 25.8. The van der Waals surface area contributed by atoms with Gasteiger partial charge in [0.25, 0.3) is 0 Å². The number of ether oxygens (including phenoxy) is 1. The number of carbonyl (C=O) groups excluding carboxylic acids is 2. The monoisotopic (exact) mass is 517 g/mol. The van der Waals surface area contributed by atoms with Crippen LogP contribution >= 0.6 is 0 Å². The largest absolute Gasteiger partial charge is 0.495 e. The normalized spacial score (nSPS) is 20.9. The molecule has 9 heteroatoms. The van der Waals surface area contributed by atoms with Gasteiger partial charge in [-0.25, -0.2) is 0 Å². The summed E-state index contributed by atoms with van der Waals surface area (Å²) in [7, 11) is 1.55. The lowest BCUT2D eigenvalue weighted by molar-refractivity contribution is -0.115. The second-order valence-corrected chi connectivity index (χ2v) is 9.96. The first-order valence-corrected chi connectivity index (χ1v) is 13.2. The minimum atomic E-state index is -1.25. The van der Waals surface area contributed by atoms with E-state index in [0.29, 0.717) is 35.2 Å². The van der Waals surface area contributed by atoms with Crippen LogP contribution in [0.2, 0.25) is 0 Å². The van der Waals surface area contributed by atoms with Crippen LogP contribution in [0.25, 0.3) is 0 Å². The molecule has 2 unspecified atom stereocenters. The van der Waals surface area contributed by atoms with E-state index in [-0.39, 0.29) is 12.2 Å². The number of anilines is 1. The molecule has 2 atom stereocenters. The maximum Gasteiger partial charge on any atom is 0.250 e. The predicted octanol–water partition coefficient (Wildman–Crippen LogP) is 3.34. The van der Waals surface area contributed by atoms with Gasteiger partial charge in [-0.3, -0.25) is 14.9 Å². The Balaban J connectivity index is 1.35. The first-order valence-electron chi connectivity index (χ1n) is 13.2. The lowest BCUT2D eigenvalue weighted by Gasteiger charge is -2.42. The molecule has 5 N–H and O–H groups in total. The maximum absolute atomic E-state index is 12.9. The topological polar surface area (TPSA) is 115 Å². The Morgan fingerprint density at radius 3 is 2.63 bits per heavy atom. The number of rotatable bonds is 7. The molecule has 9 nitrogen and oxygen atoms in total. The highest BCUT2D eigenvalue weighted by molar-refractivity contribution is 6.00. The number of aliphatic hydroxyl groups is 1. The summed E-state index contributed by atoms with van der Waals surface area (Å²) < 4.78 is 5.60. The van der Waals surface area contributed by atoms with E-state index in [0.717, 1.165) is 30.1 Å². The van der Waals surface area contributed by atoms with E-state index in [9.17, 15) is 14.7 Å². The van der Waals surface area contributed by atoms with Crippen molar-refractivity contribution in [1.82, 2.24) is 20.9 Å². The Labute approximate surface area is 222 Å². The molecule has 0 saturated heterocycles. The minimum Gasteiger partial charge on any atom is -0.495 e. The van der Waals surface area contributed by atoms with Crippen LogP contribution in [0.3, 0.4) is 0 Å². The molecule has 0 spiro atoms. The van der Waals surface area contributed by atoms with Crippen LogP contribution in [-0.2, 0) is 4.79 Å². The molecule has 0 bridgehead atoms. The average molecular weight is 518 g/mol. The molecule has 0 aromatic heterocycles. The number of Topliss-reactive ketones (excluding diaryl/α,β-unsaturated/α-hetero) is 1. The molecule has 2 aliphatic heterocycles. The Kier molecular flexibility index (Phi) is 7.67. The van der Waals surface area contributed by atoms with Crippen molar-refractivity contribution in [2.45, 2.75) is 57.5 Å². The quantitative estimate of drug-likeness (QED) is 0.356. The standard InChI is InChI=1S/C29H35N5O4/c1-18-15-25(35)31-23-17-30-29(33-28(23)34(18)21-11-7-4-8-12-21)32-22-14-13-20(16-24(22)38-2)27(37)26(36)19-9-5-3-6-10-19/h3,5-6,9-10,13-16,21,26,29-30,32-33,36H,4,7-8,11-12,17H2,1-2H3,(H,31,35). The predicted molar refractivity (Wildman–Crippen MR) is 145 cm³/mol. The van der Waals surface area contributed by atoms with E-state index >= 15 is 0 Å². The van der Waals surface area contributed by atoms with E-state index in [1.54, 1.807) is 55.7 Å². The van der Waals surface area contributed by atoms with Gasteiger partial charge in [0.2, 0.25) is 5.91 Å². The second-order valence-electron chi connectivity index (χ2n) is 9.96. The lowest BCUT2D eigenvalue weighted by atomic mass is 9.93. The van der Waals surface area contributed by atoms with Gasteiger partial charge in [0, 0.05) is 29.9 Å². The van der Waals surface area contributed by atoms with Crippen LogP contribution < -0.4 is 26.0 Å². The molecule has 1 aliphatic carbocycles. The van der Waals surface area contributed by atoms with Crippen molar-refractivity contribution in [2.75, 3.05) is 19.0 Å². The lowest BCUT2D eigenvalue weighted by Crippen LogP contribution is -2.57. The van der Waals surface area contributed by atoms with Crippen molar-refractivity contribution in [3.63, 3.8) is 0 Å². The van der Waals surface area contributed by atoms with Crippen molar-refractivity contribution in [3.8, 4) is 5.75 Å². The number of nitrogens with zero attached hydrogens (tertiary/aromatic N) is 1. The number of nitrogens with one attached hydrogen (secondary N) is 4. The third-order valence-electron chi connectivity index (χ3n) is 7.37. The van der Waals surface area contributed by atoms with Crippen LogP contribution in [0.15, 0.2) is 71.8 Å². The number of ketones is 1. The molecule has 0 radical (unpaired) electrons. The maximum atomic E-state index is 12.9. The average Bonchev–Trinajstić information content (AvgIpc) is 3.07. The first-order chi connectivity index (χ1) is 18.4. The summed E-state index contributed by atoms with van der Waals surface area (Å²) in [6.07, 6.45) is 5.84. The van der Waals surface area contributed by atoms with E-state index in [1.165, 1.54) is 19.3 Å². The second kappa shape index (κ2) is 11.3. The molecule has 2 heterocycles. The number of hydrogen-bond donors (Lipinski definition) is 5. The van der Waals surface area contributed by atoms with E-state index in [4.69, 9.17) is 4.74 Å². The highest BCUT2D eigenvalue weighted by Crippen LogP contribution is 2.32. The Bertz CT molecular complexity index is 1250. The molecule has 1 fully saturated rings. The highest BCUT2D eigenvalue weighted by Gasteiger charge is 2.33. The number of aliphatic hydroxyl groups excluding tert-OH is 1. The summed E-state index contributed by atoms with van der Waals surface area (Å²) in [6.45, 7) is 2.46. The van der Waals surface area contributed by atoms with Gasteiger partial charge in [-0.2, -0.15) is 0 Å². The summed E-state index contributed by atoms with van der Waals surface area (Å²) in [5.74, 6) is 0.852.